The highest BCUT2D eigenvalue weighted by atomic mass is 35.5. The molecule has 4 aromatic carbocycles. The Balaban J connectivity index is 1.02. The summed E-state index contributed by atoms with van der Waals surface area (Å²) in [5, 5.41) is 3.33. The third-order valence-electron chi connectivity index (χ3n) is 12.7. The number of alkyl halides is 6. The van der Waals surface area contributed by atoms with Gasteiger partial charge in [0.25, 0.3) is 5.91 Å². The predicted molar refractivity (Wildman–Crippen MR) is 230 cm³/mol. The maximum atomic E-state index is 13.9. The molecule has 1 N–H and O–H groups in total. The van der Waals surface area contributed by atoms with Crippen molar-refractivity contribution >= 4 is 46.6 Å². The van der Waals surface area contributed by atoms with Crippen molar-refractivity contribution in [1.82, 2.24) is 14.7 Å². The van der Waals surface area contributed by atoms with Gasteiger partial charge >= 0.3 is 12.4 Å². The van der Waals surface area contributed by atoms with Gasteiger partial charge in [0, 0.05) is 49.8 Å². The lowest BCUT2D eigenvalue weighted by atomic mass is 9.72. The standard InChI is InChI=1S/C47H48Cl2F6N4O5/c1-57(18-7-12-41(60)56-36-9-3-2-4-10-36)42(61)29-63-40-26-31-8-5-6-11-37(31)44(40)15-19-58(20-16-44)21-17-45(33-13-14-38(48)39(49)28-33)30-59(22-23-64-45)43(62)32-24-34(46(50,51)52)27-35(25-32)47(53,54)55/h2-6,8-11,13-14,24-25,27-28,40H,7,12,15-23,26,29-30H2,1H3,(H,56,60)/t40-,45-/m0/s1. The molecular weight excluding hydrogens is 885 g/mol. The molecule has 3 amide bonds. The zero-order valence-electron chi connectivity index (χ0n) is 35.0. The SMILES string of the molecule is CN(CCCC(=O)Nc1ccccc1)C(=O)CO[C@H]1Cc2ccccc2C12CCN(CC[C@@]1(c3ccc(Cl)c(Cl)c3)CN(C(=O)c3cc(C(F)(F)F)cc(C(F)(F)F)c3)CCO1)CC2. The second-order valence-corrected chi connectivity index (χ2v) is 17.5. The first-order valence-corrected chi connectivity index (χ1v) is 21.8. The average molecular weight is 934 g/mol. The number of halogens is 8. The number of piperidine rings is 1. The van der Waals surface area contributed by atoms with Crippen molar-refractivity contribution in [3.05, 3.63) is 134 Å². The van der Waals surface area contributed by atoms with Crippen LogP contribution in [0, 0.1) is 0 Å². The average Bonchev–Trinajstić information content (AvgIpc) is 3.57. The molecule has 2 saturated heterocycles. The molecule has 2 fully saturated rings. The van der Waals surface area contributed by atoms with E-state index in [9.17, 15) is 40.7 Å². The fourth-order valence-electron chi connectivity index (χ4n) is 9.17. The van der Waals surface area contributed by atoms with E-state index in [-0.39, 0.29) is 72.2 Å². The monoisotopic (exact) mass is 932 g/mol. The molecule has 3 aliphatic rings. The van der Waals surface area contributed by atoms with Gasteiger partial charge in [-0.2, -0.15) is 26.3 Å². The van der Waals surface area contributed by atoms with E-state index in [4.69, 9.17) is 32.7 Å². The van der Waals surface area contributed by atoms with E-state index in [2.05, 4.69) is 22.3 Å². The molecule has 0 bridgehead atoms. The van der Waals surface area contributed by atoms with Gasteiger partial charge in [-0.3, -0.25) is 14.4 Å². The van der Waals surface area contributed by atoms with Crippen LogP contribution in [0.25, 0.3) is 0 Å². The van der Waals surface area contributed by atoms with Crippen LogP contribution >= 0.6 is 23.2 Å². The maximum absolute atomic E-state index is 13.9. The normalized spacial score (nSPS) is 20.0. The second-order valence-electron chi connectivity index (χ2n) is 16.7. The molecule has 4 aromatic rings. The summed E-state index contributed by atoms with van der Waals surface area (Å²) >= 11 is 12.7. The number of hydrogen-bond donors (Lipinski definition) is 1. The largest absolute Gasteiger partial charge is 0.416 e. The number of carbonyl (C=O) groups is 3. The van der Waals surface area contributed by atoms with Gasteiger partial charge in [0.05, 0.1) is 40.4 Å². The van der Waals surface area contributed by atoms with Crippen molar-refractivity contribution in [2.75, 3.05) is 64.8 Å². The lowest BCUT2D eigenvalue weighted by Gasteiger charge is -2.46. The van der Waals surface area contributed by atoms with Gasteiger partial charge in [0.15, 0.2) is 0 Å². The van der Waals surface area contributed by atoms with E-state index in [0.717, 1.165) is 5.56 Å². The van der Waals surface area contributed by atoms with Gasteiger partial charge in [0.1, 0.15) is 12.2 Å². The summed E-state index contributed by atoms with van der Waals surface area (Å²) in [6.45, 7) is 1.71. The number of carbonyl (C=O) groups excluding carboxylic acids is 3. The summed E-state index contributed by atoms with van der Waals surface area (Å²) in [5.74, 6) is -1.31. The minimum atomic E-state index is -5.12. The Hall–Kier alpha value is -4.67. The molecule has 0 aromatic heterocycles. The van der Waals surface area contributed by atoms with Gasteiger partial charge in [-0.15, -0.1) is 0 Å². The zero-order chi connectivity index (χ0) is 45.9. The molecule has 7 rings (SSSR count). The Morgan fingerprint density at radius 3 is 2.20 bits per heavy atom. The third kappa shape index (κ3) is 10.7. The van der Waals surface area contributed by atoms with Gasteiger partial charge in [0.2, 0.25) is 11.8 Å². The number of ether oxygens (including phenoxy) is 2. The fourth-order valence-corrected chi connectivity index (χ4v) is 9.47. The van der Waals surface area contributed by atoms with E-state index in [1.165, 1.54) is 10.5 Å². The molecule has 1 spiro atoms. The number of benzene rings is 4. The molecule has 0 unspecified atom stereocenters. The molecule has 2 heterocycles. The topological polar surface area (TPSA) is 91.4 Å². The number of hydrogen-bond acceptors (Lipinski definition) is 6. The quantitative estimate of drug-likeness (QED) is 0.134. The number of likely N-dealkylation sites (N-methyl/N-ethyl adjacent to an activating group) is 1. The van der Waals surface area contributed by atoms with Crippen molar-refractivity contribution in [3.8, 4) is 0 Å². The van der Waals surface area contributed by atoms with Crippen LogP contribution in [-0.2, 0) is 48.9 Å². The smallest absolute Gasteiger partial charge is 0.367 e. The van der Waals surface area contributed by atoms with Crippen molar-refractivity contribution in [2.45, 2.75) is 68.0 Å². The molecule has 0 saturated carbocycles. The Labute approximate surface area is 377 Å². The van der Waals surface area contributed by atoms with Gasteiger partial charge in [-0.1, -0.05) is 71.7 Å². The first-order chi connectivity index (χ1) is 30.4. The highest BCUT2D eigenvalue weighted by Crippen LogP contribution is 2.48. The number of morpholine rings is 1. The van der Waals surface area contributed by atoms with Crippen LogP contribution in [0.1, 0.15) is 70.3 Å². The molecule has 9 nitrogen and oxygen atoms in total. The first kappa shape index (κ1) is 47.3. The summed E-state index contributed by atoms with van der Waals surface area (Å²) in [6.07, 6.45) is -7.42. The van der Waals surface area contributed by atoms with E-state index in [0.29, 0.717) is 81.7 Å². The van der Waals surface area contributed by atoms with Gasteiger partial charge in [-0.25, -0.2) is 0 Å². The number of fused-ring (bicyclic) bond motifs is 2. The molecule has 2 atom stereocenters. The minimum Gasteiger partial charge on any atom is -0.367 e. The Morgan fingerprint density at radius 1 is 0.859 bits per heavy atom. The van der Waals surface area contributed by atoms with Crippen LogP contribution in [-0.4, -0.2) is 98.1 Å². The van der Waals surface area contributed by atoms with Crippen LogP contribution in [0.2, 0.25) is 10.0 Å². The lowest BCUT2D eigenvalue weighted by Crippen LogP contribution is -2.54. The highest BCUT2D eigenvalue weighted by Gasteiger charge is 2.50. The summed E-state index contributed by atoms with van der Waals surface area (Å²) in [7, 11) is 1.70. The number of amides is 3. The van der Waals surface area contributed by atoms with E-state index < -0.39 is 40.6 Å². The Bertz CT molecular complexity index is 2290. The minimum absolute atomic E-state index is 0.00429. The summed E-state index contributed by atoms with van der Waals surface area (Å²) in [4.78, 5) is 44.6. The van der Waals surface area contributed by atoms with Crippen molar-refractivity contribution in [1.29, 1.82) is 0 Å². The second kappa shape index (κ2) is 19.4. The molecule has 64 heavy (non-hydrogen) atoms. The van der Waals surface area contributed by atoms with Gasteiger partial charge < -0.3 is 29.5 Å². The molecule has 17 heteroatoms. The molecule has 2 aliphatic heterocycles. The summed E-state index contributed by atoms with van der Waals surface area (Å²) < 4.78 is 95.5. The number of likely N-dealkylation sites (tertiary alicyclic amines) is 1. The molecule has 0 radical (unpaired) electrons. The number of anilines is 1. The number of para-hydroxylation sites is 1. The Kier molecular flexibility index (Phi) is 14.4. The van der Waals surface area contributed by atoms with E-state index in [1.807, 2.05) is 42.5 Å². The molecule has 342 valence electrons. The fraction of sp³-hybridized carbons (Fsp3) is 0.426. The Morgan fingerprint density at radius 2 is 1.53 bits per heavy atom. The summed E-state index contributed by atoms with van der Waals surface area (Å²) in [6, 6.07) is 23.1. The highest BCUT2D eigenvalue weighted by molar-refractivity contribution is 6.42. The number of nitrogens with zero attached hydrogens (tertiary/aromatic N) is 3. The summed E-state index contributed by atoms with van der Waals surface area (Å²) in [5.41, 5.74) is -1.89. The van der Waals surface area contributed by atoms with Crippen LogP contribution in [0.4, 0.5) is 32.0 Å². The van der Waals surface area contributed by atoms with Crippen LogP contribution in [0.15, 0.2) is 91.0 Å². The first-order valence-electron chi connectivity index (χ1n) is 21.1. The van der Waals surface area contributed by atoms with Crippen molar-refractivity contribution < 1.29 is 50.2 Å². The molecule has 1 aliphatic carbocycles. The number of nitrogens with one attached hydrogen (secondary N) is 1. The number of rotatable bonds is 13. The maximum Gasteiger partial charge on any atom is 0.416 e. The van der Waals surface area contributed by atoms with Crippen LogP contribution < -0.4 is 5.32 Å². The van der Waals surface area contributed by atoms with E-state index >= 15 is 0 Å². The van der Waals surface area contributed by atoms with Crippen molar-refractivity contribution in [3.63, 3.8) is 0 Å². The lowest BCUT2D eigenvalue weighted by molar-refractivity contribution is -0.143. The van der Waals surface area contributed by atoms with Crippen molar-refractivity contribution in [2.24, 2.45) is 0 Å². The van der Waals surface area contributed by atoms with Gasteiger partial charge in [-0.05, 0) is 104 Å². The molecular formula is C47H48Cl2F6N4O5. The van der Waals surface area contributed by atoms with Crippen LogP contribution in [0.5, 0.6) is 0 Å². The zero-order valence-corrected chi connectivity index (χ0v) is 36.6. The third-order valence-corrected chi connectivity index (χ3v) is 13.4. The van der Waals surface area contributed by atoms with E-state index in [1.54, 1.807) is 30.1 Å². The van der Waals surface area contributed by atoms with Crippen LogP contribution in [0.3, 0.4) is 0 Å². The predicted octanol–water partition coefficient (Wildman–Crippen LogP) is 9.64.